The molecule has 0 spiro atoms. The van der Waals surface area contributed by atoms with E-state index < -0.39 is 0 Å². The lowest BCUT2D eigenvalue weighted by molar-refractivity contribution is 0.355. The Hall–Kier alpha value is -0.990. The van der Waals surface area contributed by atoms with Crippen LogP contribution in [0.25, 0.3) is 5.57 Å². The van der Waals surface area contributed by atoms with E-state index in [0.29, 0.717) is 0 Å². The number of fused-ring (bicyclic) bond motifs is 3. The lowest BCUT2D eigenvalue weighted by Crippen LogP contribution is -2.08. The molecule has 1 aliphatic heterocycles. The number of benzene rings is 1. The normalized spacial score (nSPS) is 20.0. The van der Waals surface area contributed by atoms with Crippen molar-refractivity contribution < 1.29 is 4.74 Å². The first-order valence-corrected chi connectivity index (χ1v) is 9.05. The molecule has 3 aliphatic rings. The van der Waals surface area contributed by atoms with Crippen molar-refractivity contribution in [3.05, 3.63) is 34.4 Å². The first kappa shape index (κ1) is 16.9. The van der Waals surface area contributed by atoms with E-state index in [1.165, 1.54) is 55.2 Å². The Labute approximate surface area is 145 Å². The first-order chi connectivity index (χ1) is 10.9. The number of halogens is 1. The maximum absolute atomic E-state index is 5.94. The van der Waals surface area contributed by atoms with Crippen LogP contribution in [0.3, 0.4) is 0 Å². The second-order valence-corrected chi connectivity index (χ2v) is 7.18. The third kappa shape index (κ3) is 3.16. The minimum absolute atomic E-state index is 0. The summed E-state index contributed by atoms with van der Waals surface area (Å²) in [4.78, 5) is 0. The Kier molecular flexibility index (Phi) is 5.33. The van der Waals surface area contributed by atoms with Gasteiger partial charge >= 0.3 is 0 Å². The minimum atomic E-state index is 0. The Bertz CT molecular complexity index is 602. The Morgan fingerprint density at radius 3 is 2.74 bits per heavy atom. The van der Waals surface area contributed by atoms with Crippen molar-refractivity contribution in [1.29, 1.82) is 0 Å². The van der Waals surface area contributed by atoms with Crippen molar-refractivity contribution in [2.75, 3.05) is 13.2 Å². The molecule has 0 radical (unpaired) electrons. The highest BCUT2D eigenvalue weighted by molar-refractivity contribution is 5.85. The molecule has 0 unspecified atom stereocenters. The van der Waals surface area contributed by atoms with Crippen LogP contribution in [-0.4, -0.2) is 13.2 Å². The zero-order valence-corrected chi connectivity index (χ0v) is 14.7. The third-order valence-corrected chi connectivity index (χ3v) is 5.75. The standard InChI is InChI=1S/C20H27NO.ClH/c21-10-8-17-16(12-14-4-2-1-3-5-14)13-15-6-7-19-18(20(15)17)9-11-22-19;/h6-7,14H,1-5,8-13,21H2;1H. The van der Waals surface area contributed by atoms with Gasteiger partial charge in [0, 0.05) is 12.0 Å². The van der Waals surface area contributed by atoms with E-state index in [9.17, 15) is 0 Å². The summed E-state index contributed by atoms with van der Waals surface area (Å²) in [5, 5.41) is 0. The van der Waals surface area contributed by atoms with Crippen molar-refractivity contribution >= 4 is 18.0 Å². The van der Waals surface area contributed by atoms with Gasteiger partial charge in [0.25, 0.3) is 0 Å². The Balaban J connectivity index is 0.00000156. The second kappa shape index (κ2) is 7.27. The maximum Gasteiger partial charge on any atom is 0.123 e. The molecule has 3 heteroatoms. The smallest absolute Gasteiger partial charge is 0.123 e. The van der Waals surface area contributed by atoms with Crippen LogP contribution in [-0.2, 0) is 12.8 Å². The SMILES string of the molecule is Cl.NCCC1=C(CC2CCCCC2)Cc2ccc3c(c21)CCO3. The molecule has 1 saturated carbocycles. The van der Waals surface area contributed by atoms with E-state index in [2.05, 4.69) is 12.1 Å². The molecule has 1 heterocycles. The highest BCUT2D eigenvalue weighted by Crippen LogP contribution is 2.45. The number of allylic oxidation sites excluding steroid dienone is 1. The predicted molar refractivity (Wildman–Crippen MR) is 98.4 cm³/mol. The molecule has 0 aromatic heterocycles. The van der Waals surface area contributed by atoms with Crippen LogP contribution in [0.4, 0.5) is 0 Å². The van der Waals surface area contributed by atoms with Crippen molar-refractivity contribution in [3.63, 3.8) is 0 Å². The molecule has 2 aliphatic carbocycles. The van der Waals surface area contributed by atoms with E-state index in [0.717, 1.165) is 44.1 Å². The van der Waals surface area contributed by atoms with Crippen LogP contribution >= 0.6 is 12.4 Å². The lowest BCUT2D eigenvalue weighted by atomic mass is 9.83. The summed E-state index contributed by atoms with van der Waals surface area (Å²) >= 11 is 0. The fraction of sp³-hybridized carbons (Fsp3) is 0.600. The third-order valence-electron chi connectivity index (χ3n) is 5.75. The number of nitrogens with two attached hydrogens (primary N) is 1. The van der Waals surface area contributed by atoms with Gasteiger partial charge in [-0.25, -0.2) is 0 Å². The largest absolute Gasteiger partial charge is 0.493 e. The monoisotopic (exact) mass is 333 g/mol. The van der Waals surface area contributed by atoms with Gasteiger partial charge in [-0.2, -0.15) is 0 Å². The lowest BCUT2D eigenvalue weighted by Gasteiger charge is -2.22. The van der Waals surface area contributed by atoms with E-state index in [1.54, 1.807) is 11.1 Å². The summed E-state index contributed by atoms with van der Waals surface area (Å²) in [6.07, 6.45) is 11.7. The molecule has 1 aromatic rings. The van der Waals surface area contributed by atoms with Crippen LogP contribution in [0.15, 0.2) is 17.7 Å². The topological polar surface area (TPSA) is 35.2 Å². The molecular weight excluding hydrogens is 306 g/mol. The number of rotatable bonds is 4. The number of hydrogen-bond donors (Lipinski definition) is 1. The van der Waals surface area contributed by atoms with Gasteiger partial charge in [0.15, 0.2) is 0 Å². The molecule has 1 aromatic carbocycles. The van der Waals surface area contributed by atoms with E-state index in [4.69, 9.17) is 10.5 Å². The zero-order chi connectivity index (χ0) is 14.9. The first-order valence-electron chi connectivity index (χ1n) is 9.05. The summed E-state index contributed by atoms with van der Waals surface area (Å²) in [5.74, 6) is 2.03. The van der Waals surface area contributed by atoms with E-state index in [1.807, 2.05) is 0 Å². The molecule has 1 fully saturated rings. The average molecular weight is 334 g/mol. The summed E-state index contributed by atoms with van der Waals surface area (Å²) in [7, 11) is 0. The highest BCUT2D eigenvalue weighted by Gasteiger charge is 2.29. The number of hydrogen-bond acceptors (Lipinski definition) is 2. The van der Waals surface area contributed by atoms with Crippen LogP contribution in [0.2, 0.25) is 0 Å². The van der Waals surface area contributed by atoms with Crippen LogP contribution in [0, 0.1) is 5.92 Å². The summed E-state index contributed by atoms with van der Waals surface area (Å²) in [6, 6.07) is 4.48. The molecule has 0 bridgehead atoms. The van der Waals surface area contributed by atoms with E-state index in [-0.39, 0.29) is 12.4 Å². The van der Waals surface area contributed by atoms with E-state index >= 15 is 0 Å². The van der Waals surface area contributed by atoms with Crippen LogP contribution in [0.1, 0.15) is 61.6 Å². The maximum atomic E-state index is 5.94. The van der Waals surface area contributed by atoms with Crippen molar-refractivity contribution in [3.8, 4) is 5.75 Å². The molecule has 0 atom stereocenters. The van der Waals surface area contributed by atoms with Gasteiger partial charge in [-0.3, -0.25) is 0 Å². The highest BCUT2D eigenvalue weighted by atomic mass is 35.5. The summed E-state index contributed by atoms with van der Waals surface area (Å²) < 4.78 is 5.78. The summed E-state index contributed by atoms with van der Waals surface area (Å²) in [5.41, 5.74) is 13.7. The predicted octanol–water partition coefficient (Wildman–Crippen LogP) is 4.67. The van der Waals surface area contributed by atoms with Crippen LogP contribution < -0.4 is 10.5 Å². The number of ether oxygens (including phenoxy) is 1. The van der Waals surface area contributed by atoms with Gasteiger partial charge < -0.3 is 10.5 Å². The van der Waals surface area contributed by atoms with Crippen molar-refractivity contribution in [1.82, 2.24) is 0 Å². The van der Waals surface area contributed by atoms with Gasteiger partial charge in [0.05, 0.1) is 6.61 Å². The second-order valence-electron chi connectivity index (χ2n) is 7.18. The molecule has 4 rings (SSSR count). The van der Waals surface area contributed by atoms with Gasteiger partial charge in [-0.1, -0.05) is 43.7 Å². The average Bonchev–Trinajstić information content (AvgIpc) is 3.13. The quantitative estimate of drug-likeness (QED) is 0.868. The molecule has 126 valence electrons. The van der Waals surface area contributed by atoms with Crippen LogP contribution in [0.5, 0.6) is 5.75 Å². The molecule has 23 heavy (non-hydrogen) atoms. The molecular formula is C20H28ClNO. The van der Waals surface area contributed by atoms with Gasteiger partial charge in [-0.05, 0) is 54.5 Å². The minimum Gasteiger partial charge on any atom is -0.493 e. The molecule has 2 nitrogen and oxygen atoms in total. The Morgan fingerprint density at radius 1 is 1.13 bits per heavy atom. The van der Waals surface area contributed by atoms with Crippen molar-refractivity contribution in [2.45, 2.75) is 57.8 Å². The molecule has 0 amide bonds. The summed E-state index contributed by atoms with van der Waals surface area (Å²) in [6.45, 7) is 1.60. The van der Waals surface area contributed by atoms with Gasteiger partial charge in [-0.15, -0.1) is 12.4 Å². The fourth-order valence-electron chi connectivity index (χ4n) is 4.74. The van der Waals surface area contributed by atoms with Gasteiger partial charge in [0.2, 0.25) is 0 Å². The molecule has 2 N–H and O–H groups in total. The Morgan fingerprint density at radius 2 is 1.96 bits per heavy atom. The van der Waals surface area contributed by atoms with Crippen molar-refractivity contribution in [2.24, 2.45) is 11.7 Å². The molecule has 0 saturated heterocycles. The van der Waals surface area contributed by atoms with Gasteiger partial charge in [0.1, 0.15) is 5.75 Å². The fourth-order valence-corrected chi connectivity index (χ4v) is 4.74. The zero-order valence-electron chi connectivity index (χ0n) is 13.9.